The summed E-state index contributed by atoms with van der Waals surface area (Å²) in [7, 11) is -3.20. The molecule has 2 nitrogen and oxygen atoms in total. The molecule has 0 unspecified atom stereocenters. The average molecular weight is 467 g/mol. The van der Waals surface area contributed by atoms with Crippen molar-refractivity contribution in [1.29, 1.82) is 0 Å². The summed E-state index contributed by atoms with van der Waals surface area (Å²) in [5.41, 5.74) is 1.35. The first kappa shape index (κ1) is 33.1. The predicted octanol–water partition coefficient (Wildman–Crippen LogP) is 8.93. The zero-order valence-electron chi connectivity index (χ0n) is 23.4. The van der Waals surface area contributed by atoms with Gasteiger partial charge in [0.15, 0.2) is 9.84 Å². The standard InChI is InChI=1S/C13H20O2S.C8H18.C8H16/c1-10(2)13(11(3)4)16(14,15)12-8-6-5-7-9-12;2*1-6(2)8(5)7(3)4/h5-11,13H,1-4H3;6-8H,1-5H3;6-7H,5H2,1-4H3. The molecule has 1 aromatic carbocycles. The summed E-state index contributed by atoms with van der Waals surface area (Å²) in [4.78, 5) is 0.433. The van der Waals surface area contributed by atoms with Crippen molar-refractivity contribution >= 4 is 9.84 Å². The van der Waals surface area contributed by atoms with E-state index in [2.05, 4.69) is 68.9 Å². The van der Waals surface area contributed by atoms with Gasteiger partial charge in [-0.2, -0.15) is 0 Å². The third-order valence-electron chi connectivity index (χ3n) is 6.33. The van der Waals surface area contributed by atoms with Crippen molar-refractivity contribution in [2.75, 3.05) is 0 Å². The van der Waals surface area contributed by atoms with Gasteiger partial charge in [-0.15, -0.1) is 0 Å². The highest BCUT2D eigenvalue weighted by Gasteiger charge is 2.32. The topological polar surface area (TPSA) is 34.1 Å². The van der Waals surface area contributed by atoms with Crippen molar-refractivity contribution in [3.05, 3.63) is 42.5 Å². The molecule has 0 saturated carbocycles. The molecule has 1 rings (SSSR count). The van der Waals surface area contributed by atoms with Crippen molar-refractivity contribution in [1.82, 2.24) is 0 Å². The van der Waals surface area contributed by atoms with Crippen molar-refractivity contribution in [2.24, 2.45) is 41.4 Å². The normalized spacial score (nSPS) is 12.0. The summed E-state index contributed by atoms with van der Waals surface area (Å²) in [6, 6.07) is 8.72. The Morgan fingerprint density at radius 2 is 0.969 bits per heavy atom. The zero-order valence-corrected chi connectivity index (χ0v) is 24.3. The first-order chi connectivity index (χ1) is 14.5. The Labute approximate surface area is 202 Å². The molecule has 0 aliphatic carbocycles. The maximum absolute atomic E-state index is 12.4. The van der Waals surface area contributed by atoms with Gasteiger partial charge in [-0.1, -0.05) is 120 Å². The van der Waals surface area contributed by atoms with Gasteiger partial charge in [0.25, 0.3) is 0 Å². The van der Waals surface area contributed by atoms with Crippen LogP contribution in [0.25, 0.3) is 0 Å². The Hall–Kier alpha value is -1.09. The van der Waals surface area contributed by atoms with Crippen LogP contribution in [0.4, 0.5) is 0 Å². The lowest BCUT2D eigenvalue weighted by atomic mass is 9.88. The van der Waals surface area contributed by atoms with Crippen LogP contribution >= 0.6 is 0 Å². The summed E-state index contributed by atoms with van der Waals surface area (Å²) >= 11 is 0. The molecule has 0 saturated heterocycles. The Morgan fingerprint density at radius 1 is 0.625 bits per heavy atom. The maximum atomic E-state index is 12.4. The molecule has 1 aromatic rings. The average Bonchev–Trinajstić information content (AvgIpc) is 2.67. The first-order valence-corrected chi connectivity index (χ1v) is 14.0. The molecule has 188 valence electrons. The third kappa shape index (κ3) is 12.2. The van der Waals surface area contributed by atoms with Crippen molar-refractivity contribution < 1.29 is 8.42 Å². The second kappa shape index (κ2) is 15.7. The highest BCUT2D eigenvalue weighted by atomic mass is 32.2. The lowest BCUT2D eigenvalue weighted by Gasteiger charge is -2.24. The summed E-state index contributed by atoms with van der Waals surface area (Å²) in [5, 5.41) is -0.310. The van der Waals surface area contributed by atoms with Crippen LogP contribution in [0.3, 0.4) is 0 Å². The van der Waals surface area contributed by atoms with Crippen LogP contribution in [-0.4, -0.2) is 13.7 Å². The molecule has 0 aliphatic heterocycles. The highest BCUT2D eigenvalue weighted by molar-refractivity contribution is 7.92. The van der Waals surface area contributed by atoms with Gasteiger partial charge in [0.1, 0.15) is 0 Å². The molecule has 0 fully saturated rings. The van der Waals surface area contributed by atoms with Gasteiger partial charge in [0, 0.05) is 0 Å². The van der Waals surface area contributed by atoms with Crippen LogP contribution in [-0.2, 0) is 9.84 Å². The zero-order chi connectivity index (χ0) is 25.8. The molecule has 0 bridgehead atoms. The molecule has 0 heterocycles. The Bertz CT molecular complexity index is 685. The molecule has 0 N–H and O–H groups in total. The van der Waals surface area contributed by atoms with Crippen LogP contribution in [0.1, 0.15) is 90.0 Å². The number of hydrogen-bond donors (Lipinski definition) is 0. The van der Waals surface area contributed by atoms with Crippen molar-refractivity contribution in [3.8, 4) is 0 Å². The Balaban J connectivity index is 0. The molecule has 32 heavy (non-hydrogen) atoms. The second-order valence-electron chi connectivity index (χ2n) is 11.0. The smallest absolute Gasteiger partial charge is 0.181 e. The van der Waals surface area contributed by atoms with E-state index in [1.807, 2.05) is 33.8 Å². The monoisotopic (exact) mass is 466 g/mol. The van der Waals surface area contributed by atoms with Crippen LogP contribution in [0.15, 0.2) is 47.4 Å². The largest absolute Gasteiger partial charge is 0.223 e. The van der Waals surface area contributed by atoms with E-state index >= 15 is 0 Å². The van der Waals surface area contributed by atoms with Gasteiger partial charge in [-0.05, 0) is 53.6 Å². The molecular formula is C29H54O2S. The van der Waals surface area contributed by atoms with E-state index in [4.69, 9.17) is 0 Å². The number of hydrogen-bond acceptors (Lipinski definition) is 2. The quantitative estimate of drug-likeness (QED) is 0.358. The second-order valence-corrected chi connectivity index (χ2v) is 13.1. The van der Waals surface area contributed by atoms with Crippen molar-refractivity contribution in [2.45, 2.75) is 100 Å². The fraction of sp³-hybridized carbons (Fsp3) is 0.724. The number of sulfone groups is 1. The van der Waals surface area contributed by atoms with Gasteiger partial charge < -0.3 is 0 Å². The minimum atomic E-state index is -3.20. The van der Waals surface area contributed by atoms with Crippen LogP contribution in [0.2, 0.25) is 0 Å². The Kier molecular flexibility index (Phi) is 16.2. The highest BCUT2D eigenvalue weighted by Crippen LogP contribution is 2.27. The van der Waals surface area contributed by atoms with Gasteiger partial charge >= 0.3 is 0 Å². The van der Waals surface area contributed by atoms with E-state index in [0.717, 1.165) is 17.8 Å². The lowest BCUT2D eigenvalue weighted by Crippen LogP contribution is -2.32. The van der Waals surface area contributed by atoms with E-state index in [1.54, 1.807) is 24.3 Å². The fourth-order valence-electron chi connectivity index (χ4n) is 3.69. The van der Waals surface area contributed by atoms with Gasteiger partial charge in [-0.3, -0.25) is 0 Å². The predicted molar refractivity (Wildman–Crippen MR) is 145 cm³/mol. The minimum absolute atomic E-state index is 0.130. The fourth-order valence-corrected chi connectivity index (χ4v) is 5.97. The van der Waals surface area contributed by atoms with Gasteiger partial charge in [-0.25, -0.2) is 8.42 Å². The molecule has 0 atom stereocenters. The number of benzene rings is 1. The summed E-state index contributed by atoms with van der Waals surface area (Å²) < 4.78 is 24.8. The number of rotatable bonds is 8. The van der Waals surface area contributed by atoms with Crippen molar-refractivity contribution in [3.63, 3.8) is 0 Å². The van der Waals surface area contributed by atoms with E-state index < -0.39 is 9.84 Å². The van der Waals surface area contributed by atoms with E-state index in [1.165, 1.54) is 5.57 Å². The number of allylic oxidation sites excluding steroid dienone is 1. The summed E-state index contributed by atoms with van der Waals surface area (Å²) in [6.07, 6.45) is 0. The summed E-state index contributed by atoms with van der Waals surface area (Å²) in [5.74, 6) is 4.11. The van der Waals surface area contributed by atoms with E-state index in [-0.39, 0.29) is 17.1 Å². The van der Waals surface area contributed by atoms with Gasteiger partial charge in [0.2, 0.25) is 0 Å². The third-order valence-corrected chi connectivity index (χ3v) is 9.06. The van der Waals surface area contributed by atoms with Crippen LogP contribution in [0, 0.1) is 41.4 Å². The van der Waals surface area contributed by atoms with Crippen LogP contribution < -0.4 is 0 Å². The molecular weight excluding hydrogens is 412 g/mol. The van der Waals surface area contributed by atoms with Crippen LogP contribution in [0.5, 0.6) is 0 Å². The molecule has 0 spiro atoms. The molecule has 0 radical (unpaired) electrons. The maximum Gasteiger partial charge on any atom is 0.181 e. The van der Waals surface area contributed by atoms with E-state index in [9.17, 15) is 8.42 Å². The Morgan fingerprint density at radius 3 is 1.16 bits per heavy atom. The SMILES string of the molecule is C=C(C(C)C)C(C)C.CC(C)C(C(C)C)S(=O)(=O)c1ccccc1.CC(C)C(C)C(C)C. The minimum Gasteiger partial charge on any atom is -0.223 e. The first-order valence-electron chi connectivity index (χ1n) is 12.5. The van der Waals surface area contributed by atoms with Gasteiger partial charge in [0.05, 0.1) is 10.1 Å². The van der Waals surface area contributed by atoms with E-state index in [0.29, 0.717) is 16.7 Å². The molecule has 0 aliphatic rings. The molecule has 3 heteroatoms. The molecule has 0 aromatic heterocycles. The lowest BCUT2D eigenvalue weighted by molar-refractivity contribution is 0.316. The summed E-state index contributed by atoms with van der Waals surface area (Å²) in [6.45, 7) is 32.0. The molecule has 0 amide bonds.